The Morgan fingerprint density at radius 3 is 2.72 bits per heavy atom. The Morgan fingerprint density at radius 1 is 1.12 bits per heavy atom. The maximum atomic E-state index is 12.6. The largest absolute Gasteiger partial charge is 0.484 e. The maximum absolute atomic E-state index is 12.6. The van der Waals surface area contributed by atoms with Gasteiger partial charge >= 0.3 is 0 Å². The first-order valence-electron chi connectivity index (χ1n) is 10.4. The Bertz CT molecular complexity index is 1050. The molecule has 168 valence electrons. The molecule has 32 heavy (non-hydrogen) atoms. The number of nitrogens with zero attached hydrogens (tertiary/aromatic N) is 4. The van der Waals surface area contributed by atoms with Gasteiger partial charge in [-0.3, -0.25) is 9.69 Å². The Hall–Kier alpha value is -2.55. The molecule has 0 radical (unpaired) electrons. The zero-order valence-electron chi connectivity index (χ0n) is 17.9. The van der Waals surface area contributed by atoms with Gasteiger partial charge in [-0.25, -0.2) is 0 Å². The van der Waals surface area contributed by atoms with E-state index in [2.05, 4.69) is 21.2 Å². The van der Waals surface area contributed by atoms with Crippen molar-refractivity contribution < 1.29 is 13.9 Å². The van der Waals surface area contributed by atoms with Gasteiger partial charge in [0.05, 0.1) is 5.75 Å². The molecule has 2 heterocycles. The van der Waals surface area contributed by atoms with E-state index < -0.39 is 0 Å². The molecule has 0 saturated carbocycles. The summed E-state index contributed by atoms with van der Waals surface area (Å²) in [6.07, 6.45) is 0. The number of aryl methyl sites for hydroxylation is 1. The van der Waals surface area contributed by atoms with E-state index in [1.165, 1.54) is 17.3 Å². The van der Waals surface area contributed by atoms with E-state index >= 15 is 0 Å². The number of rotatable bonds is 8. The molecule has 3 aromatic rings. The molecule has 4 rings (SSSR count). The third kappa shape index (κ3) is 6.48. The van der Waals surface area contributed by atoms with Crippen LogP contribution in [0.1, 0.15) is 17.0 Å². The number of carbonyl (C=O) groups excluding carboxylic acids is 1. The highest BCUT2D eigenvalue weighted by atomic mass is 35.5. The summed E-state index contributed by atoms with van der Waals surface area (Å²) in [7, 11) is 0. The van der Waals surface area contributed by atoms with Crippen LogP contribution in [-0.4, -0.2) is 57.8 Å². The lowest BCUT2D eigenvalue weighted by atomic mass is 10.2. The van der Waals surface area contributed by atoms with Gasteiger partial charge in [-0.15, -0.1) is 10.2 Å². The molecule has 1 aromatic heterocycles. The minimum Gasteiger partial charge on any atom is -0.484 e. The molecule has 1 fully saturated rings. The van der Waals surface area contributed by atoms with E-state index in [9.17, 15) is 4.79 Å². The summed E-state index contributed by atoms with van der Waals surface area (Å²) in [4.78, 5) is 16.8. The maximum Gasteiger partial charge on any atom is 0.277 e. The SMILES string of the molecule is Cc1cccc(OCc2nnc(SCC(=O)N3CCN(Cc4cccc(Cl)c4)CC3)o2)c1. The van der Waals surface area contributed by atoms with Gasteiger partial charge in [0.2, 0.25) is 5.91 Å². The molecule has 2 aromatic carbocycles. The van der Waals surface area contributed by atoms with Crippen molar-refractivity contribution in [2.24, 2.45) is 0 Å². The van der Waals surface area contributed by atoms with Gasteiger partial charge in [-0.05, 0) is 42.3 Å². The lowest BCUT2D eigenvalue weighted by Crippen LogP contribution is -2.48. The van der Waals surface area contributed by atoms with Crippen molar-refractivity contribution in [3.8, 4) is 5.75 Å². The Morgan fingerprint density at radius 2 is 1.94 bits per heavy atom. The molecule has 0 unspecified atom stereocenters. The minimum atomic E-state index is 0.0770. The number of amides is 1. The van der Waals surface area contributed by atoms with E-state index in [0.29, 0.717) is 24.2 Å². The van der Waals surface area contributed by atoms with Crippen molar-refractivity contribution in [1.29, 1.82) is 0 Å². The van der Waals surface area contributed by atoms with E-state index in [1.54, 1.807) is 0 Å². The molecule has 0 aliphatic carbocycles. The number of thioether (sulfide) groups is 1. The molecule has 9 heteroatoms. The number of aromatic nitrogens is 2. The lowest BCUT2D eigenvalue weighted by Gasteiger charge is -2.34. The van der Waals surface area contributed by atoms with Crippen LogP contribution in [0.2, 0.25) is 5.02 Å². The monoisotopic (exact) mass is 472 g/mol. The predicted molar refractivity (Wildman–Crippen MR) is 124 cm³/mol. The number of halogens is 1. The van der Waals surface area contributed by atoms with Crippen molar-refractivity contribution in [3.63, 3.8) is 0 Å². The molecule has 1 amide bonds. The van der Waals surface area contributed by atoms with Crippen LogP contribution in [0.25, 0.3) is 0 Å². The third-order valence-corrected chi connectivity index (χ3v) is 6.18. The first kappa shape index (κ1) is 22.6. The molecule has 1 saturated heterocycles. The highest BCUT2D eigenvalue weighted by molar-refractivity contribution is 7.99. The number of piperazine rings is 1. The van der Waals surface area contributed by atoms with Crippen LogP contribution < -0.4 is 4.74 Å². The van der Waals surface area contributed by atoms with Gasteiger partial charge in [0.1, 0.15) is 5.75 Å². The first-order valence-corrected chi connectivity index (χ1v) is 11.8. The summed E-state index contributed by atoms with van der Waals surface area (Å²) in [5, 5.41) is 9.13. The fraction of sp³-hybridized carbons (Fsp3) is 0.348. The Kier molecular flexibility index (Phi) is 7.68. The van der Waals surface area contributed by atoms with Crippen molar-refractivity contribution in [2.75, 3.05) is 31.9 Å². The molecule has 0 bridgehead atoms. The molecular formula is C23H25ClN4O3S. The van der Waals surface area contributed by atoms with Gasteiger partial charge in [0, 0.05) is 37.7 Å². The zero-order chi connectivity index (χ0) is 22.3. The molecular weight excluding hydrogens is 448 g/mol. The second-order valence-electron chi connectivity index (χ2n) is 7.64. The van der Waals surface area contributed by atoms with Crippen molar-refractivity contribution >= 4 is 29.3 Å². The predicted octanol–water partition coefficient (Wildman–Crippen LogP) is 4.05. The Labute approximate surface area is 196 Å². The summed E-state index contributed by atoms with van der Waals surface area (Å²) >= 11 is 7.32. The average molecular weight is 473 g/mol. The van der Waals surface area contributed by atoms with Crippen LogP contribution in [0.4, 0.5) is 0 Å². The zero-order valence-corrected chi connectivity index (χ0v) is 19.4. The summed E-state index contributed by atoms with van der Waals surface area (Å²) in [5.41, 5.74) is 2.31. The smallest absolute Gasteiger partial charge is 0.277 e. The average Bonchev–Trinajstić information content (AvgIpc) is 3.25. The van der Waals surface area contributed by atoms with Gasteiger partial charge < -0.3 is 14.1 Å². The molecule has 0 N–H and O–H groups in total. The van der Waals surface area contributed by atoms with E-state index in [0.717, 1.165) is 36.0 Å². The third-order valence-electron chi connectivity index (χ3n) is 5.14. The van der Waals surface area contributed by atoms with E-state index in [-0.39, 0.29) is 18.3 Å². The summed E-state index contributed by atoms with van der Waals surface area (Å²) in [6, 6.07) is 15.7. The summed E-state index contributed by atoms with van der Waals surface area (Å²) in [6.45, 7) is 6.13. The van der Waals surface area contributed by atoms with Crippen molar-refractivity contribution in [1.82, 2.24) is 20.0 Å². The summed E-state index contributed by atoms with van der Waals surface area (Å²) in [5.74, 6) is 1.49. The minimum absolute atomic E-state index is 0.0770. The van der Waals surface area contributed by atoms with Crippen LogP contribution in [-0.2, 0) is 17.9 Å². The highest BCUT2D eigenvalue weighted by Crippen LogP contribution is 2.20. The lowest BCUT2D eigenvalue weighted by molar-refractivity contribution is -0.130. The standard InChI is InChI=1S/C23H25ClN4O3S/c1-17-4-2-7-20(12-17)30-15-21-25-26-23(31-21)32-16-22(29)28-10-8-27(9-11-28)14-18-5-3-6-19(24)13-18/h2-7,12-13H,8-11,14-16H2,1H3. The summed E-state index contributed by atoms with van der Waals surface area (Å²) < 4.78 is 11.3. The second kappa shape index (κ2) is 10.8. The topological polar surface area (TPSA) is 71.7 Å². The highest BCUT2D eigenvalue weighted by Gasteiger charge is 2.22. The normalized spacial score (nSPS) is 14.5. The van der Waals surface area contributed by atoms with Crippen LogP contribution in [0.5, 0.6) is 5.75 Å². The van der Waals surface area contributed by atoms with E-state index in [4.69, 9.17) is 20.8 Å². The molecule has 1 aliphatic heterocycles. The number of benzene rings is 2. The number of ether oxygens (including phenoxy) is 1. The molecule has 0 spiro atoms. The van der Waals surface area contributed by atoms with E-state index in [1.807, 2.05) is 54.3 Å². The van der Waals surface area contributed by atoms with Crippen molar-refractivity contribution in [2.45, 2.75) is 25.3 Å². The number of hydrogen-bond donors (Lipinski definition) is 0. The quantitative estimate of drug-likeness (QED) is 0.458. The van der Waals surface area contributed by atoms with Gasteiger partial charge in [-0.1, -0.05) is 47.6 Å². The van der Waals surface area contributed by atoms with Gasteiger partial charge in [-0.2, -0.15) is 0 Å². The van der Waals surface area contributed by atoms with Crippen LogP contribution in [0, 0.1) is 6.92 Å². The molecule has 0 atom stereocenters. The Balaban J connectivity index is 1.18. The van der Waals surface area contributed by atoms with Gasteiger partial charge in [0.15, 0.2) is 6.61 Å². The fourth-order valence-electron chi connectivity index (χ4n) is 3.47. The van der Waals surface area contributed by atoms with Crippen molar-refractivity contribution in [3.05, 3.63) is 70.6 Å². The number of hydrogen-bond acceptors (Lipinski definition) is 7. The molecule has 1 aliphatic rings. The fourth-order valence-corrected chi connectivity index (χ4v) is 4.36. The number of carbonyl (C=O) groups is 1. The van der Waals surface area contributed by atoms with Crippen LogP contribution >= 0.6 is 23.4 Å². The first-order chi connectivity index (χ1) is 15.5. The van der Waals surface area contributed by atoms with Crippen LogP contribution in [0.3, 0.4) is 0 Å². The molecule has 7 nitrogen and oxygen atoms in total. The van der Waals surface area contributed by atoms with Gasteiger partial charge in [0.25, 0.3) is 11.1 Å². The van der Waals surface area contributed by atoms with Crippen LogP contribution in [0.15, 0.2) is 58.2 Å². The second-order valence-corrected chi connectivity index (χ2v) is 9.01.